The molecule has 0 aliphatic carbocycles. The Labute approximate surface area is 103 Å². The number of sulfonamides is 1. The van der Waals surface area contributed by atoms with Gasteiger partial charge in [0.25, 0.3) is 10.0 Å². The summed E-state index contributed by atoms with van der Waals surface area (Å²) in [6.45, 7) is 3.59. The molecule has 1 N–H and O–H groups in total. The minimum atomic E-state index is -3.45. The molecular weight excluding hydrogens is 240 g/mol. The van der Waals surface area contributed by atoms with Gasteiger partial charge in [0.2, 0.25) is 5.09 Å². The van der Waals surface area contributed by atoms with Crippen molar-refractivity contribution in [2.45, 2.75) is 31.4 Å². The van der Waals surface area contributed by atoms with Gasteiger partial charge in [0.15, 0.2) is 0 Å². The Kier molecular flexibility index (Phi) is 5.17. The van der Waals surface area contributed by atoms with E-state index in [0.717, 1.165) is 23.7 Å². The molecule has 0 saturated heterocycles. The lowest BCUT2D eigenvalue weighted by Crippen LogP contribution is -2.21. The van der Waals surface area contributed by atoms with Gasteiger partial charge < -0.3 is 9.73 Å². The van der Waals surface area contributed by atoms with Crippen LogP contribution in [0.15, 0.2) is 21.6 Å². The lowest BCUT2D eigenvalue weighted by molar-refractivity contribution is 0.389. The maximum absolute atomic E-state index is 11.7. The van der Waals surface area contributed by atoms with Crippen LogP contribution < -0.4 is 5.32 Å². The average Bonchev–Trinajstić information content (AvgIpc) is 2.73. The van der Waals surface area contributed by atoms with Gasteiger partial charge in [-0.3, -0.25) is 0 Å². The van der Waals surface area contributed by atoms with E-state index >= 15 is 0 Å². The van der Waals surface area contributed by atoms with Crippen molar-refractivity contribution in [3.63, 3.8) is 0 Å². The van der Waals surface area contributed by atoms with Crippen molar-refractivity contribution in [1.82, 2.24) is 9.62 Å². The Balaban J connectivity index is 2.60. The molecule has 0 saturated carbocycles. The lowest BCUT2D eigenvalue weighted by Gasteiger charge is -2.07. The van der Waals surface area contributed by atoms with Crippen LogP contribution in [0.5, 0.6) is 0 Å². The van der Waals surface area contributed by atoms with Gasteiger partial charge in [-0.2, -0.15) is 0 Å². The molecule has 6 heteroatoms. The van der Waals surface area contributed by atoms with Crippen LogP contribution in [0.25, 0.3) is 0 Å². The van der Waals surface area contributed by atoms with E-state index in [9.17, 15) is 8.42 Å². The molecule has 5 nitrogen and oxygen atoms in total. The number of hydrogen-bond acceptors (Lipinski definition) is 4. The normalized spacial score (nSPS) is 12.2. The highest BCUT2D eigenvalue weighted by Gasteiger charge is 2.21. The van der Waals surface area contributed by atoms with E-state index in [-0.39, 0.29) is 5.09 Å². The lowest BCUT2D eigenvalue weighted by atomic mass is 10.3. The molecule has 0 fully saturated rings. The van der Waals surface area contributed by atoms with Crippen molar-refractivity contribution in [3.8, 4) is 0 Å². The highest BCUT2D eigenvalue weighted by Crippen LogP contribution is 2.16. The second-order valence-electron chi connectivity index (χ2n) is 4.04. The summed E-state index contributed by atoms with van der Waals surface area (Å²) >= 11 is 0. The minimum Gasteiger partial charge on any atom is -0.447 e. The van der Waals surface area contributed by atoms with Gasteiger partial charge in [-0.1, -0.05) is 13.3 Å². The third-order valence-corrected chi connectivity index (χ3v) is 4.07. The number of rotatable bonds is 7. The molecule has 98 valence electrons. The predicted octanol–water partition coefficient (Wildman–Crippen LogP) is 1.42. The fourth-order valence-electron chi connectivity index (χ4n) is 1.29. The number of nitrogens with one attached hydrogen (secondary N) is 1. The first-order chi connectivity index (χ1) is 7.98. The maximum Gasteiger partial charge on any atom is 0.275 e. The Morgan fingerprint density at radius 2 is 2.06 bits per heavy atom. The van der Waals surface area contributed by atoms with E-state index in [1.54, 1.807) is 6.07 Å². The summed E-state index contributed by atoms with van der Waals surface area (Å²) in [7, 11) is -0.486. The van der Waals surface area contributed by atoms with E-state index < -0.39 is 10.0 Å². The van der Waals surface area contributed by atoms with Crippen LogP contribution in [-0.4, -0.2) is 33.4 Å². The van der Waals surface area contributed by atoms with Gasteiger partial charge >= 0.3 is 0 Å². The van der Waals surface area contributed by atoms with Crippen molar-refractivity contribution >= 4 is 10.0 Å². The van der Waals surface area contributed by atoms with Crippen LogP contribution >= 0.6 is 0 Å². The van der Waals surface area contributed by atoms with Gasteiger partial charge in [0, 0.05) is 14.1 Å². The third-order valence-electron chi connectivity index (χ3n) is 2.38. The van der Waals surface area contributed by atoms with Crippen molar-refractivity contribution in [2.24, 2.45) is 0 Å². The van der Waals surface area contributed by atoms with Gasteiger partial charge in [0.1, 0.15) is 5.76 Å². The van der Waals surface area contributed by atoms with Crippen LogP contribution in [0.4, 0.5) is 0 Å². The molecule has 0 aliphatic rings. The Morgan fingerprint density at radius 1 is 1.35 bits per heavy atom. The van der Waals surface area contributed by atoms with Crippen molar-refractivity contribution in [3.05, 3.63) is 17.9 Å². The van der Waals surface area contributed by atoms with Crippen LogP contribution in [0, 0.1) is 0 Å². The molecule has 1 aromatic rings. The molecular formula is C11H20N2O3S. The van der Waals surface area contributed by atoms with E-state index in [4.69, 9.17) is 4.42 Å². The van der Waals surface area contributed by atoms with Crippen LogP contribution in [0.2, 0.25) is 0 Å². The molecule has 0 radical (unpaired) electrons. The van der Waals surface area contributed by atoms with E-state index in [0.29, 0.717) is 12.3 Å². The Hall–Kier alpha value is -0.850. The molecule has 0 unspecified atom stereocenters. The van der Waals surface area contributed by atoms with Gasteiger partial charge in [-0.15, -0.1) is 0 Å². The summed E-state index contributed by atoms with van der Waals surface area (Å²) in [6.07, 6.45) is 2.23. The molecule has 1 rings (SSSR count). The smallest absolute Gasteiger partial charge is 0.275 e. The van der Waals surface area contributed by atoms with Gasteiger partial charge in [-0.05, 0) is 25.1 Å². The number of unbranched alkanes of at least 4 members (excludes halogenated alkanes) is 1. The average molecular weight is 260 g/mol. The molecule has 1 aromatic heterocycles. The molecule has 1 heterocycles. The highest BCUT2D eigenvalue weighted by atomic mass is 32.2. The topological polar surface area (TPSA) is 62.6 Å². The first kappa shape index (κ1) is 14.2. The van der Waals surface area contributed by atoms with Crippen LogP contribution in [0.3, 0.4) is 0 Å². The molecule has 17 heavy (non-hydrogen) atoms. The summed E-state index contributed by atoms with van der Waals surface area (Å²) in [4.78, 5) is 0. The standard InChI is InChI=1S/C11H20N2O3S/c1-4-5-8-12-9-10-6-7-11(16-10)17(14,15)13(2)3/h6-7,12H,4-5,8-9H2,1-3H3. The monoisotopic (exact) mass is 260 g/mol. The number of nitrogens with zero attached hydrogens (tertiary/aromatic N) is 1. The number of furan rings is 1. The molecule has 0 spiro atoms. The van der Waals surface area contributed by atoms with Gasteiger partial charge in [0.05, 0.1) is 6.54 Å². The third kappa shape index (κ3) is 3.83. The van der Waals surface area contributed by atoms with E-state index in [2.05, 4.69) is 12.2 Å². The zero-order chi connectivity index (χ0) is 12.9. The molecule has 0 aliphatic heterocycles. The quantitative estimate of drug-likeness (QED) is 0.753. The minimum absolute atomic E-state index is 0.00482. The maximum atomic E-state index is 11.7. The summed E-state index contributed by atoms with van der Waals surface area (Å²) in [5.41, 5.74) is 0. The summed E-state index contributed by atoms with van der Waals surface area (Å²) < 4.78 is 29.9. The molecule has 0 aromatic carbocycles. The first-order valence-electron chi connectivity index (χ1n) is 5.70. The summed E-state index contributed by atoms with van der Waals surface area (Å²) in [5.74, 6) is 0.640. The predicted molar refractivity (Wildman–Crippen MR) is 66.2 cm³/mol. The fraction of sp³-hybridized carbons (Fsp3) is 0.636. The SMILES string of the molecule is CCCCNCc1ccc(S(=O)(=O)N(C)C)o1. The Bertz CT molecular complexity index is 437. The van der Waals surface area contributed by atoms with Crippen LogP contribution in [0.1, 0.15) is 25.5 Å². The first-order valence-corrected chi connectivity index (χ1v) is 7.14. The van der Waals surface area contributed by atoms with Gasteiger partial charge in [-0.25, -0.2) is 12.7 Å². The molecule has 0 amide bonds. The molecule has 0 bridgehead atoms. The Morgan fingerprint density at radius 3 is 2.65 bits per heavy atom. The zero-order valence-corrected chi connectivity index (χ0v) is 11.4. The second kappa shape index (κ2) is 6.18. The number of hydrogen-bond donors (Lipinski definition) is 1. The van der Waals surface area contributed by atoms with Crippen molar-refractivity contribution in [1.29, 1.82) is 0 Å². The second-order valence-corrected chi connectivity index (χ2v) is 6.12. The zero-order valence-electron chi connectivity index (χ0n) is 10.6. The summed E-state index contributed by atoms with van der Waals surface area (Å²) in [5, 5.41) is 3.19. The van der Waals surface area contributed by atoms with Crippen LogP contribution in [-0.2, 0) is 16.6 Å². The van der Waals surface area contributed by atoms with E-state index in [1.165, 1.54) is 20.2 Å². The van der Waals surface area contributed by atoms with Crippen molar-refractivity contribution < 1.29 is 12.8 Å². The van der Waals surface area contributed by atoms with E-state index in [1.807, 2.05) is 0 Å². The highest BCUT2D eigenvalue weighted by molar-refractivity contribution is 7.88. The molecule has 0 atom stereocenters. The largest absolute Gasteiger partial charge is 0.447 e. The summed E-state index contributed by atoms with van der Waals surface area (Å²) in [6, 6.07) is 3.18. The van der Waals surface area contributed by atoms with Crippen molar-refractivity contribution in [2.75, 3.05) is 20.6 Å². The fourth-order valence-corrected chi connectivity index (χ4v) is 2.10.